The van der Waals surface area contributed by atoms with Crippen LogP contribution in [0.5, 0.6) is 0 Å². The van der Waals surface area contributed by atoms with E-state index >= 15 is 0 Å². The van der Waals surface area contributed by atoms with E-state index in [1.165, 1.54) is 0 Å². The van der Waals surface area contributed by atoms with Gasteiger partial charge in [0.2, 0.25) is 5.95 Å². The molecule has 0 amide bonds. The van der Waals surface area contributed by atoms with Crippen molar-refractivity contribution < 1.29 is 0 Å². The maximum atomic E-state index is 13.3. The first-order chi connectivity index (χ1) is 13.1. The Hall–Kier alpha value is -3.11. The molecule has 1 fully saturated rings. The smallest absolute Gasteiger partial charge is 0.279 e. The summed E-state index contributed by atoms with van der Waals surface area (Å²) in [5, 5.41) is 14.2. The highest BCUT2D eigenvalue weighted by Gasteiger charge is 2.23. The molecule has 3 aromatic rings. The van der Waals surface area contributed by atoms with E-state index in [1.54, 1.807) is 21.2 Å². The van der Waals surface area contributed by atoms with Gasteiger partial charge < -0.3 is 10.6 Å². The van der Waals surface area contributed by atoms with E-state index in [9.17, 15) is 10.1 Å². The van der Waals surface area contributed by atoms with Gasteiger partial charge in [-0.05, 0) is 43.5 Å². The fraction of sp³-hybridized carbons (Fsp3) is 0.350. The molecule has 0 bridgehead atoms. The van der Waals surface area contributed by atoms with Crippen LogP contribution in [0.1, 0.15) is 29.7 Å². The summed E-state index contributed by atoms with van der Waals surface area (Å²) in [6.07, 6.45) is 1.94. The van der Waals surface area contributed by atoms with Crippen molar-refractivity contribution >= 4 is 11.5 Å². The second-order valence-corrected chi connectivity index (χ2v) is 7.08. The average Bonchev–Trinajstić information content (AvgIpc) is 3.05. The van der Waals surface area contributed by atoms with Crippen molar-refractivity contribution in [3.63, 3.8) is 0 Å². The van der Waals surface area contributed by atoms with Crippen molar-refractivity contribution in [2.45, 2.75) is 32.4 Å². The number of aromatic nitrogens is 3. The lowest BCUT2D eigenvalue weighted by atomic mass is 10.1. The third-order valence-corrected chi connectivity index (χ3v) is 5.15. The highest BCUT2D eigenvalue weighted by molar-refractivity contribution is 5.50. The lowest BCUT2D eigenvalue weighted by Gasteiger charge is -2.33. The molecule has 1 saturated heterocycles. The third kappa shape index (κ3) is 3.09. The van der Waals surface area contributed by atoms with E-state index < -0.39 is 0 Å². The predicted molar refractivity (Wildman–Crippen MR) is 104 cm³/mol. The van der Waals surface area contributed by atoms with Crippen LogP contribution in [0, 0.1) is 18.3 Å². The van der Waals surface area contributed by atoms with Crippen LogP contribution in [0.3, 0.4) is 0 Å². The molecule has 1 aliphatic rings. The average molecular weight is 362 g/mol. The van der Waals surface area contributed by atoms with Gasteiger partial charge in [-0.1, -0.05) is 18.2 Å². The van der Waals surface area contributed by atoms with E-state index in [4.69, 9.17) is 10.8 Å². The molecule has 0 aliphatic carbocycles. The molecule has 0 unspecified atom stereocenters. The van der Waals surface area contributed by atoms with Crippen LogP contribution in [-0.4, -0.2) is 33.3 Å². The first-order valence-corrected chi connectivity index (χ1v) is 9.16. The summed E-state index contributed by atoms with van der Waals surface area (Å²) in [6.45, 7) is 3.71. The van der Waals surface area contributed by atoms with Crippen molar-refractivity contribution in [3.8, 4) is 6.07 Å². The molecule has 3 heterocycles. The standard InChI is InChI=1S/C20H22N6O/c1-14-8-9-18-19(27)25(12-16-6-3-2-5-15(16)11-21)20(23-26(14)18)24-10-4-7-17(22)13-24/h2-3,5-6,8-9,17H,4,7,10,12-13,22H2,1H3/t17-/m1/s1. The zero-order valence-electron chi connectivity index (χ0n) is 15.3. The van der Waals surface area contributed by atoms with Gasteiger partial charge in [0, 0.05) is 24.8 Å². The van der Waals surface area contributed by atoms with Crippen LogP contribution in [0.25, 0.3) is 5.52 Å². The number of rotatable bonds is 3. The third-order valence-electron chi connectivity index (χ3n) is 5.15. The molecule has 1 aliphatic heterocycles. The predicted octanol–water partition coefficient (Wildman–Crippen LogP) is 1.65. The van der Waals surface area contributed by atoms with E-state index in [1.807, 2.05) is 31.2 Å². The lowest BCUT2D eigenvalue weighted by molar-refractivity contribution is 0.487. The maximum Gasteiger partial charge on any atom is 0.279 e. The SMILES string of the molecule is Cc1ccc2c(=O)n(Cc3ccccc3C#N)c(N3CCC[C@@H](N)C3)nn12. The van der Waals surface area contributed by atoms with Crippen LogP contribution in [0.2, 0.25) is 0 Å². The Balaban J connectivity index is 1.89. The molecule has 0 spiro atoms. The first kappa shape index (κ1) is 17.3. The minimum Gasteiger partial charge on any atom is -0.339 e. The number of nitrogens with zero attached hydrogens (tertiary/aromatic N) is 5. The Bertz CT molecular complexity index is 1090. The Morgan fingerprint density at radius 2 is 2.11 bits per heavy atom. The molecular weight excluding hydrogens is 340 g/mol. The molecule has 4 rings (SSSR count). The molecule has 7 heteroatoms. The van der Waals surface area contributed by atoms with Crippen LogP contribution in [-0.2, 0) is 6.54 Å². The van der Waals surface area contributed by atoms with Gasteiger partial charge >= 0.3 is 0 Å². The van der Waals surface area contributed by atoms with Gasteiger partial charge in [0.05, 0.1) is 18.2 Å². The first-order valence-electron chi connectivity index (χ1n) is 9.16. The quantitative estimate of drug-likeness (QED) is 0.765. The fourth-order valence-electron chi connectivity index (χ4n) is 3.70. The number of hydrogen-bond acceptors (Lipinski definition) is 5. The molecule has 2 aromatic heterocycles. The summed E-state index contributed by atoms with van der Waals surface area (Å²) >= 11 is 0. The van der Waals surface area contributed by atoms with Gasteiger partial charge in [-0.3, -0.25) is 9.36 Å². The number of fused-ring (bicyclic) bond motifs is 1. The van der Waals surface area contributed by atoms with Gasteiger partial charge in [-0.15, -0.1) is 5.10 Å². The summed E-state index contributed by atoms with van der Waals surface area (Å²) in [4.78, 5) is 15.3. The summed E-state index contributed by atoms with van der Waals surface area (Å²) in [7, 11) is 0. The topological polar surface area (TPSA) is 92.3 Å². The van der Waals surface area contributed by atoms with Crippen LogP contribution >= 0.6 is 0 Å². The largest absolute Gasteiger partial charge is 0.339 e. The van der Waals surface area contributed by atoms with Gasteiger partial charge in [-0.2, -0.15) is 5.26 Å². The van der Waals surface area contributed by atoms with Crippen molar-refractivity contribution in [2.75, 3.05) is 18.0 Å². The van der Waals surface area contributed by atoms with Gasteiger partial charge in [-0.25, -0.2) is 4.52 Å². The van der Waals surface area contributed by atoms with E-state index in [0.29, 0.717) is 30.1 Å². The summed E-state index contributed by atoms with van der Waals surface area (Å²) in [5.41, 5.74) is 8.87. The minimum atomic E-state index is -0.111. The summed E-state index contributed by atoms with van der Waals surface area (Å²) in [5.74, 6) is 0.606. The molecule has 138 valence electrons. The number of hydrogen-bond donors (Lipinski definition) is 1. The van der Waals surface area contributed by atoms with Crippen molar-refractivity contribution in [1.29, 1.82) is 5.26 Å². The normalized spacial score (nSPS) is 17.2. The van der Waals surface area contributed by atoms with E-state index in [-0.39, 0.29) is 11.6 Å². The Morgan fingerprint density at radius 1 is 1.30 bits per heavy atom. The van der Waals surface area contributed by atoms with Crippen molar-refractivity contribution in [1.82, 2.24) is 14.2 Å². The van der Waals surface area contributed by atoms with Crippen molar-refractivity contribution in [3.05, 3.63) is 63.6 Å². The number of anilines is 1. The molecular formula is C20H22N6O. The van der Waals surface area contributed by atoms with Gasteiger partial charge in [0.25, 0.3) is 5.56 Å². The minimum absolute atomic E-state index is 0.0666. The van der Waals surface area contributed by atoms with Crippen LogP contribution < -0.4 is 16.2 Å². The molecule has 2 N–H and O–H groups in total. The number of benzene rings is 1. The summed E-state index contributed by atoms with van der Waals surface area (Å²) < 4.78 is 3.37. The Morgan fingerprint density at radius 3 is 2.89 bits per heavy atom. The Labute approximate surface area is 157 Å². The fourth-order valence-corrected chi connectivity index (χ4v) is 3.70. The number of nitriles is 1. The van der Waals surface area contributed by atoms with Crippen molar-refractivity contribution in [2.24, 2.45) is 5.73 Å². The molecule has 0 radical (unpaired) electrons. The molecule has 7 nitrogen and oxygen atoms in total. The summed E-state index contributed by atoms with van der Waals surface area (Å²) in [6, 6.07) is 13.3. The van der Waals surface area contributed by atoms with Gasteiger partial charge in [0.15, 0.2) is 0 Å². The maximum absolute atomic E-state index is 13.3. The molecule has 1 aromatic carbocycles. The molecule has 1 atom stereocenters. The number of piperidine rings is 1. The van der Waals surface area contributed by atoms with Gasteiger partial charge in [0.1, 0.15) is 5.52 Å². The van der Waals surface area contributed by atoms with E-state index in [2.05, 4.69) is 11.0 Å². The van der Waals surface area contributed by atoms with Crippen LogP contribution in [0.15, 0.2) is 41.2 Å². The van der Waals surface area contributed by atoms with E-state index in [0.717, 1.165) is 30.6 Å². The highest BCUT2D eigenvalue weighted by Crippen LogP contribution is 2.19. The number of aryl methyl sites for hydroxylation is 1. The molecule has 0 saturated carbocycles. The Kier molecular flexibility index (Phi) is 4.42. The zero-order chi connectivity index (χ0) is 19.0. The second-order valence-electron chi connectivity index (χ2n) is 7.08. The van der Waals surface area contributed by atoms with Crippen LogP contribution in [0.4, 0.5) is 5.95 Å². The molecule has 27 heavy (non-hydrogen) atoms. The second kappa shape index (κ2) is 6.89. The monoisotopic (exact) mass is 362 g/mol. The number of nitrogens with two attached hydrogens (primary N) is 1. The highest BCUT2D eigenvalue weighted by atomic mass is 16.1. The lowest BCUT2D eigenvalue weighted by Crippen LogP contribution is -2.46. The zero-order valence-corrected chi connectivity index (χ0v) is 15.3.